The molecule has 0 unspecified atom stereocenters. The van der Waals surface area contributed by atoms with Crippen molar-refractivity contribution in [1.29, 1.82) is 0 Å². The van der Waals surface area contributed by atoms with Crippen molar-refractivity contribution >= 4 is 5.69 Å². The van der Waals surface area contributed by atoms with Gasteiger partial charge in [0.2, 0.25) is 5.28 Å². The Morgan fingerprint density at radius 1 is 1.29 bits per heavy atom. The first-order chi connectivity index (χ1) is 8.00. The Balaban J connectivity index is 2.53. The van der Waals surface area contributed by atoms with Crippen LogP contribution >= 0.6 is 0 Å². The van der Waals surface area contributed by atoms with E-state index >= 15 is 0 Å². The summed E-state index contributed by atoms with van der Waals surface area (Å²) in [7, 11) is 3.04. The second kappa shape index (κ2) is 5.64. The van der Waals surface area contributed by atoms with Gasteiger partial charge in [0.25, 0.3) is 5.69 Å². The zero-order valence-corrected chi connectivity index (χ0v) is 9.44. The number of hydrogen-bond donors (Lipinski definition) is 0. The molecule has 0 saturated heterocycles. The van der Waals surface area contributed by atoms with Crippen LogP contribution < -0.4 is 0 Å². The molecule has 17 heavy (non-hydrogen) atoms. The van der Waals surface area contributed by atoms with E-state index in [0.717, 1.165) is 0 Å². The van der Waals surface area contributed by atoms with Gasteiger partial charge < -0.3 is 10.0 Å². The molecule has 1 aromatic rings. The number of hydrazine groups is 1. The van der Waals surface area contributed by atoms with E-state index in [1.54, 1.807) is 12.1 Å². The summed E-state index contributed by atoms with van der Waals surface area (Å²) in [5, 5.41) is 25.8. The number of rotatable bonds is 5. The smallest absolute Gasteiger partial charge is 0.269 e. The van der Waals surface area contributed by atoms with Crippen LogP contribution in [0.1, 0.15) is 5.56 Å². The lowest BCUT2D eigenvalue weighted by Gasteiger charge is -2.05. The highest BCUT2D eigenvalue weighted by Crippen LogP contribution is 2.12. The highest BCUT2D eigenvalue weighted by Gasteiger charge is 2.04. The SMILES string of the molecule is CN(C)/[N+]([O-])=N/OCc1ccc([N+](=O)[O-])cc1. The third-order valence-electron chi connectivity index (χ3n) is 1.85. The first-order valence-electron chi connectivity index (χ1n) is 4.71. The average Bonchev–Trinajstić information content (AvgIpc) is 2.29. The minimum absolute atomic E-state index is 0.00410. The molecule has 0 aromatic heterocycles. The number of non-ortho nitro benzene ring substituents is 1. The lowest BCUT2D eigenvalue weighted by atomic mass is 10.2. The van der Waals surface area contributed by atoms with Crippen LogP contribution in [0, 0.1) is 15.3 Å². The zero-order chi connectivity index (χ0) is 12.8. The molecule has 0 aliphatic carbocycles. The maximum atomic E-state index is 10.9. The molecule has 0 heterocycles. The van der Waals surface area contributed by atoms with Gasteiger partial charge in [-0.05, 0) is 17.7 Å². The fourth-order valence-corrected chi connectivity index (χ4v) is 0.940. The zero-order valence-electron chi connectivity index (χ0n) is 9.44. The van der Waals surface area contributed by atoms with E-state index in [0.29, 0.717) is 5.56 Å². The van der Waals surface area contributed by atoms with Gasteiger partial charge in [-0.15, -0.1) is 0 Å². The number of nitro benzene ring substituents is 1. The van der Waals surface area contributed by atoms with Crippen molar-refractivity contribution < 1.29 is 14.7 Å². The number of hydrogen-bond acceptors (Lipinski definition) is 5. The van der Waals surface area contributed by atoms with E-state index in [2.05, 4.69) is 5.28 Å². The van der Waals surface area contributed by atoms with E-state index in [1.165, 1.54) is 31.2 Å². The van der Waals surface area contributed by atoms with Crippen LogP contribution in [0.25, 0.3) is 0 Å². The van der Waals surface area contributed by atoms with Crippen LogP contribution in [0.2, 0.25) is 0 Å². The second-order valence-corrected chi connectivity index (χ2v) is 3.38. The van der Waals surface area contributed by atoms with Crippen LogP contribution in [0.4, 0.5) is 5.69 Å². The Hall–Kier alpha value is -2.38. The standard InChI is InChI=1S/C9H12N4O4/c1-11(2)13(16)10-17-7-8-3-5-9(6-4-8)12(14)15/h3-6H,7H2,1-2H3/b13-10-. The summed E-state index contributed by atoms with van der Waals surface area (Å²) in [6, 6.07) is 5.80. The van der Waals surface area contributed by atoms with Gasteiger partial charge in [0.15, 0.2) is 0 Å². The Morgan fingerprint density at radius 2 is 1.88 bits per heavy atom. The third kappa shape index (κ3) is 3.93. The third-order valence-corrected chi connectivity index (χ3v) is 1.85. The van der Waals surface area contributed by atoms with Crippen molar-refractivity contribution in [2.24, 2.45) is 5.28 Å². The average molecular weight is 240 g/mol. The molecule has 0 fully saturated rings. The topological polar surface area (TPSA) is 94.0 Å². The molecule has 0 amide bonds. The molecule has 0 bridgehead atoms. The van der Waals surface area contributed by atoms with Gasteiger partial charge in [0, 0.05) is 12.1 Å². The molecule has 8 nitrogen and oxygen atoms in total. The number of nitrogens with zero attached hydrogens (tertiary/aromatic N) is 4. The molecule has 92 valence electrons. The van der Waals surface area contributed by atoms with E-state index in [9.17, 15) is 15.3 Å². The van der Waals surface area contributed by atoms with Gasteiger partial charge >= 0.3 is 0 Å². The van der Waals surface area contributed by atoms with Gasteiger partial charge in [-0.2, -0.15) is 5.01 Å². The van der Waals surface area contributed by atoms with Gasteiger partial charge in [0.1, 0.15) is 6.61 Å². The summed E-state index contributed by atoms with van der Waals surface area (Å²) in [6.07, 6.45) is 0. The Kier molecular flexibility index (Phi) is 4.21. The quantitative estimate of drug-likeness (QED) is 0.336. The van der Waals surface area contributed by atoms with E-state index in [4.69, 9.17) is 4.84 Å². The predicted molar refractivity (Wildman–Crippen MR) is 57.6 cm³/mol. The predicted octanol–water partition coefficient (Wildman–Crippen LogP) is 1.47. The second-order valence-electron chi connectivity index (χ2n) is 3.38. The maximum Gasteiger partial charge on any atom is 0.269 e. The van der Waals surface area contributed by atoms with Crippen molar-refractivity contribution in [2.45, 2.75) is 6.61 Å². The summed E-state index contributed by atoms with van der Waals surface area (Å²) < 4.78 is 0. The molecular weight excluding hydrogens is 228 g/mol. The van der Waals surface area contributed by atoms with Gasteiger partial charge in [-0.3, -0.25) is 10.1 Å². The number of benzene rings is 1. The van der Waals surface area contributed by atoms with E-state index in [-0.39, 0.29) is 17.3 Å². The van der Waals surface area contributed by atoms with Crippen LogP contribution in [-0.4, -0.2) is 29.0 Å². The van der Waals surface area contributed by atoms with Crippen molar-refractivity contribution in [2.75, 3.05) is 14.1 Å². The van der Waals surface area contributed by atoms with Gasteiger partial charge in [0.05, 0.1) is 24.0 Å². The van der Waals surface area contributed by atoms with Crippen molar-refractivity contribution in [1.82, 2.24) is 5.01 Å². The highest BCUT2D eigenvalue weighted by atomic mass is 16.7. The molecule has 0 radical (unpaired) electrons. The number of nitro groups is 1. The first-order valence-corrected chi connectivity index (χ1v) is 4.71. The van der Waals surface area contributed by atoms with E-state index < -0.39 is 4.92 Å². The Morgan fingerprint density at radius 3 is 2.35 bits per heavy atom. The molecule has 0 saturated carbocycles. The normalized spacial score (nSPS) is 11.1. The van der Waals surface area contributed by atoms with Gasteiger partial charge in [-0.25, -0.2) is 0 Å². The molecular formula is C9H12N4O4. The summed E-state index contributed by atoms with van der Waals surface area (Å²) >= 11 is 0. The molecule has 0 aliphatic heterocycles. The molecule has 0 atom stereocenters. The van der Waals surface area contributed by atoms with Crippen LogP contribution in [0.5, 0.6) is 0 Å². The summed E-state index contributed by atoms with van der Waals surface area (Å²) in [5.74, 6) is 0. The molecule has 8 heteroatoms. The first kappa shape index (κ1) is 12.7. The molecule has 0 aliphatic rings. The molecule has 1 rings (SSSR count). The summed E-state index contributed by atoms with van der Waals surface area (Å²) in [4.78, 5) is 15.0. The van der Waals surface area contributed by atoms with E-state index in [1.807, 2.05) is 0 Å². The fraction of sp³-hybridized carbons (Fsp3) is 0.333. The Bertz CT molecular complexity index is 416. The van der Waals surface area contributed by atoms with Crippen LogP contribution in [-0.2, 0) is 11.4 Å². The Labute approximate surface area is 97.4 Å². The van der Waals surface area contributed by atoms with Crippen molar-refractivity contribution in [3.05, 3.63) is 45.2 Å². The lowest BCUT2D eigenvalue weighted by Crippen LogP contribution is -2.20. The van der Waals surface area contributed by atoms with Crippen LogP contribution in [0.15, 0.2) is 29.5 Å². The molecule has 1 aromatic carbocycles. The van der Waals surface area contributed by atoms with Crippen molar-refractivity contribution in [3.8, 4) is 0 Å². The monoisotopic (exact) mass is 240 g/mol. The molecule has 0 N–H and O–H groups in total. The fourth-order valence-electron chi connectivity index (χ4n) is 0.940. The molecule has 0 spiro atoms. The maximum absolute atomic E-state index is 10.9. The highest BCUT2D eigenvalue weighted by molar-refractivity contribution is 5.32. The minimum atomic E-state index is -0.486. The van der Waals surface area contributed by atoms with Crippen molar-refractivity contribution in [3.63, 3.8) is 0 Å². The van der Waals surface area contributed by atoms with Crippen LogP contribution in [0.3, 0.4) is 0 Å². The largest absolute Gasteiger partial charge is 0.569 e. The van der Waals surface area contributed by atoms with Gasteiger partial charge in [-0.1, -0.05) is 0 Å². The summed E-state index contributed by atoms with van der Waals surface area (Å²) in [5.41, 5.74) is 0.691. The lowest BCUT2D eigenvalue weighted by molar-refractivity contribution is -0.700. The summed E-state index contributed by atoms with van der Waals surface area (Å²) in [6.45, 7) is 0.0740. The minimum Gasteiger partial charge on any atom is -0.569 e.